The number of benzene rings is 2. The van der Waals surface area contributed by atoms with Gasteiger partial charge < -0.3 is 10.6 Å². The first-order chi connectivity index (χ1) is 12.0. The van der Waals surface area contributed by atoms with Gasteiger partial charge in [-0.15, -0.1) is 0 Å². The third-order valence-electron chi connectivity index (χ3n) is 3.88. The Morgan fingerprint density at radius 1 is 0.840 bits per heavy atom. The molecule has 1 aromatic heterocycles. The van der Waals surface area contributed by atoms with Crippen LogP contribution in [0.2, 0.25) is 0 Å². The molecule has 0 saturated heterocycles. The monoisotopic (exact) mass is 329 g/mol. The van der Waals surface area contributed by atoms with E-state index in [1.54, 1.807) is 12.1 Å². The summed E-state index contributed by atoms with van der Waals surface area (Å²) in [5, 5.41) is 15.5. The van der Waals surface area contributed by atoms with E-state index in [1.165, 1.54) is 11.1 Å². The number of aromatic nitrogens is 2. The van der Waals surface area contributed by atoms with Crippen LogP contribution in [0.25, 0.3) is 0 Å². The summed E-state index contributed by atoms with van der Waals surface area (Å²) in [6, 6.07) is 17.5. The summed E-state index contributed by atoms with van der Waals surface area (Å²) in [5.41, 5.74) is 5.68. The number of hydrogen-bond donors (Lipinski definition) is 2. The second-order valence-corrected chi connectivity index (χ2v) is 5.96. The molecule has 2 aromatic carbocycles. The van der Waals surface area contributed by atoms with Gasteiger partial charge in [0.1, 0.15) is 5.82 Å². The summed E-state index contributed by atoms with van der Waals surface area (Å²) < 4.78 is 0. The van der Waals surface area contributed by atoms with Crippen molar-refractivity contribution in [2.45, 2.75) is 20.8 Å². The third kappa shape index (κ3) is 4.12. The lowest BCUT2D eigenvalue weighted by Crippen LogP contribution is -2.02. The smallest absolute Gasteiger partial charge is 0.229 e. The van der Waals surface area contributed by atoms with E-state index >= 15 is 0 Å². The van der Waals surface area contributed by atoms with Crippen molar-refractivity contribution in [2.75, 3.05) is 10.6 Å². The number of anilines is 4. The molecule has 0 bridgehead atoms. The minimum atomic E-state index is 0.487. The Labute approximate surface area is 147 Å². The molecule has 2 N–H and O–H groups in total. The molecule has 1 heterocycles. The van der Waals surface area contributed by atoms with Crippen molar-refractivity contribution in [3.63, 3.8) is 0 Å². The lowest BCUT2D eigenvalue weighted by molar-refractivity contribution is 1.11. The van der Waals surface area contributed by atoms with Crippen LogP contribution >= 0.6 is 0 Å². The topological polar surface area (TPSA) is 73.6 Å². The zero-order valence-electron chi connectivity index (χ0n) is 14.5. The molecule has 0 aliphatic carbocycles. The molecule has 0 fully saturated rings. The Morgan fingerprint density at radius 2 is 1.64 bits per heavy atom. The molecule has 0 atom stereocenters. The third-order valence-corrected chi connectivity index (χ3v) is 3.88. The van der Waals surface area contributed by atoms with E-state index in [1.807, 2.05) is 31.2 Å². The molecule has 0 unspecified atom stereocenters. The van der Waals surface area contributed by atoms with E-state index in [4.69, 9.17) is 5.26 Å². The first-order valence-corrected chi connectivity index (χ1v) is 8.00. The van der Waals surface area contributed by atoms with Crippen molar-refractivity contribution in [3.05, 3.63) is 70.9 Å². The van der Waals surface area contributed by atoms with Crippen molar-refractivity contribution < 1.29 is 0 Å². The molecule has 5 heteroatoms. The molecule has 3 aromatic rings. The molecule has 124 valence electrons. The molecular formula is C20H19N5. The largest absolute Gasteiger partial charge is 0.340 e. The molecule has 25 heavy (non-hydrogen) atoms. The van der Waals surface area contributed by atoms with Crippen LogP contribution in [0.3, 0.4) is 0 Å². The number of aryl methyl sites for hydroxylation is 3. The van der Waals surface area contributed by atoms with Crippen molar-refractivity contribution in [2.24, 2.45) is 0 Å². The first kappa shape index (κ1) is 16.5. The van der Waals surface area contributed by atoms with Gasteiger partial charge in [0.05, 0.1) is 11.6 Å². The summed E-state index contributed by atoms with van der Waals surface area (Å²) in [5.74, 6) is 1.20. The van der Waals surface area contributed by atoms with Crippen LogP contribution in [0.4, 0.5) is 23.1 Å². The van der Waals surface area contributed by atoms with Crippen LogP contribution in [0.5, 0.6) is 0 Å². The van der Waals surface area contributed by atoms with E-state index < -0.39 is 0 Å². The lowest BCUT2D eigenvalue weighted by Gasteiger charge is -2.11. The average molecular weight is 329 g/mol. The zero-order chi connectivity index (χ0) is 17.8. The summed E-state index contributed by atoms with van der Waals surface area (Å²) in [4.78, 5) is 8.93. The number of nitrogens with one attached hydrogen (secondary N) is 2. The van der Waals surface area contributed by atoms with Gasteiger partial charge in [-0.2, -0.15) is 10.2 Å². The number of hydrogen-bond acceptors (Lipinski definition) is 5. The molecule has 0 aliphatic heterocycles. The minimum absolute atomic E-state index is 0.487. The van der Waals surface area contributed by atoms with Gasteiger partial charge in [-0.3, -0.25) is 0 Å². The number of nitrogens with zero attached hydrogens (tertiary/aromatic N) is 3. The highest BCUT2D eigenvalue weighted by Crippen LogP contribution is 2.21. The highest BCUT2D eigenvalue weighted by molar-refractivity contribution is 5.62. The van der Waals surface area contributed by atoms with Crippen molar-refractivity contribution in [1.82, 2.24) is 9.97 Å². The second-order valence-electron chi connectivity index (χ2n) is 5.96. The van der Waals surface area contributed by atoms with Crippen molar-refractivity contribution in [1.29, 1.82) is 5.26 Å². The Balaban J connectivity index is 1.84. The van der Waals surface area contributed by atoms with E-state index in [0.29, 0.717) is 11.5 Å². The molecule has 3 rings (SSSR count). The van der Waals surface area contributed by atoms with Crippen LogP contribution in [0.1, 0.15) is 22.4 Å². The molecule has 0 spiro atoms. The van der Waals surface area contributed by atoms with Gasteiger partial charge in [0.15, 0.2) is 0 Å². The maximum Gasteiger partial charge on any atom is 0.229 e. The fourth-order valence-corrected chi connectivity index (χ4v) is 2.45. The zero-order valence-corrected chi connectivity index (χ0v) is 14.5. The predicted octanol–water partition coefficient (Wildman–Crippen LogP) is 4.76. The molecule has 0 radical (unpaired) electrons. The van der Waals surface area contributed by atoms with E-state index in [2.05, 4.69) is 52.7 Å². The Morgan fingerprint density at radius 3 is 2.40 bits per heavy atom. The molecule has 0 saturated carbocycles. The maximum atomic E-state index is 9.00. The van der Waals surface area contributed by atoms with Gasteiger partial charge in [-0.1, -0.05) is 12.1 Å². The molecule has 5 nitrogen and oxygen atoms in total. The maximum absolute atomic E-state index is 9.00. The summed E-state index contributed by atoms with van der Waals surface area (Å²) in [6.07, 6.45) is 0. The number of rotatable bonds is 4. The van der Waals surface area contributed by atoms with Gasteiger partial charge in [0, 0.05) is 23.1 Å². The van der Waals surface area contributed by atoms with Crippen LogP contribution < -0.4 is 10.6 Å². The fraction of sp³-hybridized carbons (Fsp3) is 0.150. The average Bonchev–Trinajstić information content (AvgIpc) is 2.58. The summed E-state index contributed by atoms with van der Waals surface area (Å²) in [7, 11) is 0. The number of nitriles is 1. The molecular weight excluding hydrogens is 310 g/mol. The van der Waals surface area contributed by atoms with Crippen molar-refractivity contribution in [3.8, 4) is 6.07 Å². The van der Waals surface area contributed by atoms with E-state index in [9.17, 15) is 0 Å². The highest BCUT2D eigenvalue weighted by Gasteiger charge is 2.05. The Bertz CT molecular complexity index is 957. The normalized spacial score (nSPS) is 10.2. The van der Waals surface area contributed by atoms with Gasteiger partial charge in [0.25, 0.3) is 0 Å². The van der Waals surface area contributed by atoms with E-state index in [0.717, 1.165) is 22.9 Å². The molecule has 0 amide bonds. The SMILES string of the molecule is Cc1cc(Nc2ccc(C)c(C)c2)nc(Nc2cccc(C#N)c2)n1. The minimum Gasteiger partial charge on any atom is -0.340 e. The van der Waals surface area contributed by atoms with Crippen LogP contribution in [0, 0.1) is 32.1 Å². The molecule has 0 aliphatic rings. The predicted molar refractivity (Wildman–Crippen MR) is 100 cm³/mol. The first-order valence-electron chi connectivity index (χ1n) is 8.00. The lowest BCUT2D eigenvalue weighted by atomic mass is 10.1. The Kier molecular flexibility index (Phi) is 4.62. The van der Waals surface area contributed by atoms with Crippen LogP contribution in [0.15, 0.2) is 48.5 Å². The standard InChI is InChI=1S/C20H19N5/c1-13-7-8-18(9-14(13)2)23-19-10-15(3)22-20(25-19)24-17-6-4-5-16(11-17)12-21/h4-11H,1-3H3,(H2,22,23,24,25). The quantitative estimate of drug-likeness (QED) is 0.722. The second kappa shape index (κ2) is 7.02. The van der Waals surface area contributed by atoms with Crippen LogP contribution in [-0.4, -0.2) is 9.97 Å². The van der Waals surface area contributed by atoms with Crippen LogP contribution in [-0.2, 0) is 0 Å². The van der Waals surface area contributed by atoms with E-state index in [-0.39, 0.29) is 0 Å². The summed E-state index contributed by atoms with van der Waals surface area (Å²) >= 11 is 0. The van der Waals surface area contributed by atoms with Gasteiger partial charge >= 0.3 is 0 Å². The van der Waals surface area contributed by atoms with Gasteiger partial charge in [0.2, 0.25) is 5.95 Å². The highest BCUT2D eigenvalue weighted by atomic mass is 15.1. The summed E-state index contributed by atoms with van der Waals surface area (Å²) in [6.45, 7) is 6.09. The fourth-order valence-electron chi connectivity index (χ4n) is 2.45. The van der Waals surface area contributed by atoms with Crippen molar-refractivity contribution >= 4 is 23.1 Å². The van der Waals surface area contributed by atoms with Gasteiger partial charge in [-0.05, 0) is 62.2 Å². The Hall–Kier alpha value is -3.39. The van der Waals surface area contributed by atoms with Gasteiger partial charge in [-0.25, -0.2) is 4.98 Å².